The lowest BCUT2D eigenvalue weighted by Crippen LogP contribution is -2.26. The van der Waals surface area contributed by atoms with E-state index in [9.17, 15) is 0 Å². The zero-order chi connectivity index (χ0) is 10.6. The van der Waals surface area contributed by atoms with Crippen molar-refractivity contribution in [1.82, 2.24) is 0 Å². The minimum Gasteiger partial charge on any atom is -0.103 e. The number of hydrogen-bond acceptors (Lipinski definition) is 0. The Balaban J connectivity index is 1.85. The van der Waals surface area contributed by atoms with E-state index in [1.165, 1.54) is 31.3 Å². The summed E-state index contributed by atoms with van der Waals surface area (Å²) in [7, 11) is 0. The molecule has 0 amide bonds. The lowest BCUT2D eigenvalue weighted by molar-refractivity contribution is 0.195. The van der Waals surface area contributed by atoms with E-state index in [2.05, 4.69) is 26.2 Å². The normalized spacial score (nSPS) is 51.8. The maximum Gasteiger partial charge on any atom is -0.0175 e. The molecule has 0 aromatic heterocycles. The molecule has 0 heteroatoms. The van der Waals surface area contributed by atoms with E-state index < -0.39 is 0 Å². The lowest BCUT2D eigenvalue weighted by Gasteiger charge is -2.32. The van der Waals surface area contributed by atoms with Crippen LogP contribution in [-0.2, 0) is 0 Å². The van der Waals surface area contributed by atoms with Gasteiger partial charge in [0.1, 0.15) is 0 Å². The minimum atomic E-state index is 0.847. The Hall–Kier alpha value is -0.520. The molecule has 3 aliphatic rings. The number of rotatable bonds is 2. The van der Waals surface area contributed by atoms with Crippen molar-refractivity contribution < 1.29 is 0 Å². The van der Waals surface area contributed by atoms with Crippen molar-refractivity contribution in [2.24, 2.45) is 35.5 Å². The second kappa shape index (κ2) is 3.23. The topological polar surface area (TPSA) is 0 Å². The highest BCUT2D eigenvalue weighted by molar-refractivity contribution is 5.14. The Labute approximate surface area is 93.5 Å². The number of hydrogen-bond donors (Lipinski definition) is 0. The molecule has 3 fully saturated rings. The first kappa shape index (κ1) is 9.69. The van der Waals surface area contributed by atoms with Gasteiger partial charge in [0.15, 0.2) is 0 Å². The molecule has 0 radical (unpaired) electrons. The van der Waals surface area contributed by atoms with Crippen LogP contribution in [0.25, 0.3) is 0 Å². The number of allylic oxidation sites excluding steroid dienone is 2. The molecule has 82 valence electrons. The predicted octanol–water partition coefficient (Wildman–Crippen LogP) is 4.05. The average Bonchev–Trinajstić information content (AvgIpc) is 2.87. The third-order valence-electron chi connectivity index (χ3n) is 5.50. The van der Waals surface area contributed by atoms with Crippen LogP contribution in [0, 0.1) is 35.5 Å². The average molecular weight is 202 g/mol. The third kappa shape index (κ3) is 1.20. The molecule has 0 aromatic rings. The highest BCUT2D eigenvalue weighted by Crippen LogP contribution is 2.63. The maximum absolute atomic E-state index is 4.20. The van der Waals surface area contributed by atoms with Crippen molar-refractivity contribution >= 4 is 0 Å². The highest BCUT2D eigenvalue weighted by atomic mass is 14.6. The third-order valence-corrected chi connectivity index (χ3v) is 5.50. The van der Waals surface area contributed by atoms with Crippen LogP contribution in [0.4, 0.5) is 0 Å². The van der Waals surface area contributed by atoms with Crippen molar-refractivity contribution in [2.45, 2.75) is 32.6 Å². The van der Waals surface area contributed by atoms with E-state index in [1.807, 2.05) is 0 Å². The zero-order valence-corrected chi connectivity index (χ0v) is 9.78. The van der Waals surface area contributed by atoms with Gasteiger partial charge in [-0.2, -0.15) is 0 Å². The van der Waals surface area contributed by atoms with Crippen molar-refractivity contribution in [2.75, 3.05) is 0 Å². The summed E-state index contributed by atoms with van der Waals surface area (Å²) in [4.78, 5) is 0. The molecule has 0 spiro atoms. The van der Waals surface area contributed by atoms with E-state index in [-0.39, 0.29) is 0 Å². The van der Waals surface area contributed by atoms with Crippen molar-refractivity contribution in [1.29, 1.82) is 0 Å². The van der Waals surface area contributed by atoms with Gasteiger partial charge in [0, 0.05) is 0 Å². The van der Waals surface area contributed by atoms with E-state index in [0.717, 1.165) is 35.5 Å². The van der Waals surface area contributed by atoms with E-state index in [0.29, 0.717) is 0 Å². The summed E-state index contributed by atoms with van der Waals surface area (Å²) >= 11 is 0. The van der Waals surface area contributed by atoms with Gasteiger partial charge in [-0.15, -0.1) is 6.58 Å². The molecule has 3 rings (SSSR count). The number of fused-ring (bicyclic) bond motifs is 5. The molecule has 0 aliphatic heterocycles. The fraction of sp³-hybridized carbons (Fsp3) is 0.733. The van der Waals surface area contributed by atoms with Crippen LogP contribution in [-0.4, -0.2) is 0 Å². The molecule has 0 heterocycles. The first-order chi connectivity index (χ1) is 7.22. The van der Waals surface area contributed by atoms with Gasteiger partial charge in [-0.3, -0.25) is 0 Å². The second-order valence-electron chi connectivity index (χ2n) is 6.07. The van der Waals surface area contributed by atoms with Crippen LogP contribution >= 0.6 is 0 Å². The van der Waals surface area contributed by atoms with Gasteiger partial charge >= 0.3 is 0 Å². The summed E-state index contributed by atoms with van der Waals surface area (Å²) in [5.74, 6) is 5.72. The zero-order valence-electron chi connectivity index (χ0n) is 9.78. The van der Waals surface area contributed by atoms with Gasteiger partial charge in [0.05, 0.1) is 0 Å². The van der Waals surface area contributed by atoms with Crippen LogP contribution in [0.2, 0.25) is 0 Å². The summed E-state index contributed by atoms with van der Waals surface area (Å²) in [6, 6.07) is 0. The Kier molecular flexibility index (Phi) is 2.09. The maximum atomic E-state index is 4.20. The van der Waals surface area contributed by atoms with Crippen LogP contribution < -0.4 is 0 Å². The molecule has 6 unspecified atom stereocenters. The Bertz CT molecular complexity index is 301. The van der Waals surface area contributed by atoms with E-state index in [4.69, 9.17) is 0 Å². The Morgan fingerprint density at radius 3 is 2.67 bits per heavy atom. The fourth-order valence-electron chi connectivity index (χ4n) is 5.03. The van der Waals surface area contributed by atoms with Crippen molar-refractivity contribution in [3.63, 3.8) is 0 Å². The molecule has 0 saturated heterocycles. The molecule has 0 nitrogen and oxygen atoms in total. The molecule has 6 atom stereocenters. The highest BCUT2D eigenvalue weighted by Gasteiger charge is 2.56. The van der Waals surface area contributed by atoms with Gasteiger partial charge in [0.25, 0.3) is 0 Å². The fourth-order valence-corrected chi connectivity index (χ4v) is 5.03. The van der Waals surface area contributed by atoms with Crippen LogP contribution in [0.1, 0.15) is 32.6 Å². The van der Waals surface area contributed by atoms with Gasteiger partial charge in [0.2, 0.25) is 0 Å². The second-order valence-corrected chi connectivity index (χ2v) is 6.07. The Morgan fingerprint density at radius 1 is 1.20 bits per heavy atom. The largest absolute Gasteiger partial charge is 0.103 e. The molecule has 0 aromatic carbocycles. The quantitative estimate of drug-likeness (QED) is 0.593. The van der Waals surface area contributed by atoms with Gasteiger partial charge in [-0.25, -0.2) is 0 Å². The van der Waals surface area contributed by atoms with Crippen LogP contribution in [0.5, 0.6) is 0 Å². The van der Waals surface area contributed by atoms with Gasteiger partial charge in [-0.1, -0.05) is 18.2 Å². The first-order valence-electron chi connectivity index (χ1n) is 6.50. The lowest BCUT2D eigenvalue weighted by atomic mass is 9.72. The SMILES string of the molecule is C=CC1CC2CC1C1CCC(C(=C)C)C21. The van der Waals surface area contributed by atoms with E-state index >= 15 is 0 Å². The van der Waals surface area contributed by atoms with E-state index in [1.54, 1.807) is 0 Å². The summed E-state index contributed by atoms with van der Waals surface area (Å²) in [6.07, 6.45) is 8.04. The molecular weight excluding hydrogens is 180 g/mol. The van der Waals surface area contributed by atoms with Crippen LogP contribution in [0.3, 0.4) is 0 Å². The van der Waals surface area contributed by atoms with Gasteiger partial charge < -0.3 is 0 Å². The smallest absolute Gasteiger partial charge is 0.0175 e. The molecule has 2 bridgehead atoms. The molecule has 0 N–H and O–H groups in total. The summed E-state index contributed by atoms with van der Waals surface area (Å²) in [6.45, 7) is 10.5. The summed E-state index contributed by atoms with van der Waals surface area (Å²) in [5.41, 5.74) is 1.45. The van der Waals surface area contributed by atoms with Crippen molar-refractivity contribution in [3.8, 4) is 0 Å². The predicted molar refractivity (Wildman–Crippen MR) is 64.4 cm³/mol. The standard InChI is InChI=1S/C15H22/c1-4-10-7-11-8-14(10)13-6-5-12(9(2)3)15(11)13/h4,10-15H,1-2,5-8H2,3H3. The minimum absolute atomic E-state index is 0.847. The molecular formula is C15H22. The first-order valence-corrected chi connectivity index (χ1v) is 6.50. The molecule has 3 saturated carbocycles. The Morgan fingerprint density at radius 2 is 2.00 bits per heavy atom. The van der Waals surface area contributed by atoms with Crippen molar-refractivity contribution in [3.05, 3.63) is 24.8 Å². The monoisotopic (exact) mass is 202 g/mol. The van der Waals surface area contributed by atoms with Gasteiger partial charge in [-0.05, 0) is 68.1 Å². The van der Waals surface area contributed by atoms with Crippen LogP contribution in [0.15, 0.2) is 24.8 Å². The summed E-state index contributed by atoms with van der Waals surface area (Å²) < 4.78 is 0. The summed E-state index contributed by atoms with van der Waals surface area (Å²) in [5, 5.41) is 0. The molecule has 3 aliphatic carbocycles. The molecule has 15 heavy (non-hydrogen) atoms.